The zero-order chi connectivity index (χ0) is 18.5. The summed E-state index contributed by atoms with van der Waals surface area (Å²) in [7, 11) is 1.65. The molecule has 1 fully saturated rings. The molecule has 1 amide bonds. The third-order valence-corrected chi connectivity index (χ3v) is 5.46. The van der Waals surface area contributed by atoms with Crippen molar-refractivity contribution in [2.24, 2.45) is 0 Å². The number of benzene rings is 1. The second-order valence-electron chi connectivity index (χ2n) is 6.58. The average molecular weight is 375 g/mol. The van der Waals surface area contributed by atoms with Crippen molar-refractivity contribution in [2.45, 2.75) is 62.5 Å². The summed E-state index contributed by atoms with van der Waals surface area (Å²) >= 11 is 1.47. The van der Waals surface area contributed by atoms with Gasteiger partial charge in [0, 0.05) is 18.2 Å². The second-order valence-corrected chi connectivity index (χ2v) is 7.89. The summed E-state index contributed by atoms with van der Waals surface area (Å²) in [5, 5.41) is 12.4. The van der Waals surface area contributed by atoms with Crippen molar-refractivity contribution in [3.63, 3.8) is 0 Å². The number of methoxy groups -OCH3 is 1. The molecule has 140 valence electrons. The Morgan fingerprint density at radius 1 is 1.35 bits per heavy atom. The lowest BCUT2D eigenvalue weighted by Gasteiger charge is -2.13. The first-order chi connectivity index (χ1) is 12.6. The maximum atomic E-state index is 12.3. The van der Waals surface area contributed by atoms with E-state index in [2.05, 4.69) is 27.0 Å². The lowest BCUT2D eigenvalue weighted by atomic mass is 10.2. The quantitative estimate of drug-likeness (QED) is 0.680. The van der Waals surface area contributed by atoms with Gasteiger partial charge in [0.2, 0.25) is 5.91 Å². The average Bonchev–Trinajstić information content (AvgIpc) is 3.39. The third-order valence-electron chi connectivity index (χ3n) is 4.38. The minimum absolute atomic E-state index is 0.0774. The van der Waals surface area contributed by atoms with Crippen LogP contribution in [0.1, 0.15) is 39.5 Å². The molecule has 7 heteroatoms. The van der Waals surface area contributed by atoms with Crippen LogP contribution in [0.2, 0.25) is 0 Å². The molecule has 0 spiro atoms. The zero-order valence-electron chi connectivity index (χ0n) is 15.6. The largest absolute Gasteiger partial charge is 0.497 e. The van der Waals surface area contributed by atoms with Gasteiger partial charge in [0.25, 0.3) is 0 Å². The highest BCUT2D eigenvalue weighted by Gasteiger charge is 2.27. The van der Waals surface area contributed by atoms with Crippen molar-refractivity contribution in [2.75, 3.05) is 7.11 Å². The molecule has 1 atom stereocenters. The van der Waals surface area contributed by atoms with E-state index in [0.717, 1.165) is 54.5 Å². The molecule has 0 radical (unpaired) electrons. The molecule has 1 N–H and O–H groups in total. The van der Waals surface area contributed by atoms with E-state index in [9.17, 15) is 4.79 Å². The fraction of sp³-hybridized carbons (Fsp3) is 0.526. The van der Waals surface area contributed by atoms with Gasteiger partial charge in [-0.2, -0.15) is 0 Å². The van der Waals surface area contributed by atoms with Crippen LogP contribution in [0.4, 0.5) is 0 Å². The predicted molar refractivity (Wildman–Crippen MR) is 103 cm³/mol. The smallest absolute Gasteiger partial charge is 0.233 e. The van der Waals surface area contributed by atoms with Crippen LogP contribution in [-0.4, -0.2) is 39.1 Å². The highest BCUT2D eigenvalue weighted by atomic mass is 32.2. The highest BCUT2D eigenvalue weighted by Crippen LogP contribution is 2.29. The molecular formula is C19H26N4O2S. The van der Waals surface area contributed by atoms with Gasteiger partial charge in [-0.15, -0.1) is 10.2 Å². The first-order valence-electron chi connectivity index (χ1n) is 9.17. The van der Waals surface area contributed by atoms with Crippen LogP contribution in [0, 0.1) is 0 Å². The summed E-state index contributed by atoms with van der Waals surface area (Å²) in [6.45, 7) is 4.92. The third kappa shape index (κ3) is 4.58. The van der Waals surface area contributed by atoms with Gasteiger partial charge in [0.1, 0.15) is 5.75 Å². The predicted octanol–water partition coefficient (Wildman–Crippen LogP) is 3.51. The molecule has 0 bridgehead atoms. The van der Waals surface area contributed by atoms with Crippen molar-refractivity contribution >= 4 is 17.7 Å². The number of ether oxygens (including phenoxy) is 1. The van der Waals surface area contributed by atoms with Gasteiger partial charge in [0.05, 0.1) is 12.4 Å². The summed E-state index contributed by atoms with van der Waals surface area (Å²) in [5.41, 5.74) is 0.997. The van der Waals surface area contributed by atoms with E-state index >= 15 is 0 Å². The van der Waals surface area contributed by atoms with Crippen LogP contribution < -0.4 is 10.1 Å². The van der Waals surface area contributed by atoms with Crippen LogP contribution >= 0.6 is 11.8 Å². The van der Waals surface area contributed by atoms with Crippen molar-refractivity contribution in [3.05, 3.63) is 24.3 Å². The first kappa shape index (κ1) is 18.8. The van der Waals surface area contributed by atoms with Gasteiger partial charge in [0.15, 0.2) is 11.0 Å². The number of hydrogen-bond acceptors (Lipinski definition) is 5. The van der Waals surface area contributed by atoms with Gasteiger partial charge in [-0.1, -0.05) is 25.1 Å². The first-order valence-corrected chi connectivity index (χ1v) is 10.0. The van der Waals surface area contributed by atoms with Crippen LogP contribution in [-0.2, 0) is 11.3 Å². The number of nitrogens with one attached hydrogen (secondary N) is 1. The molecular weight excluding hydrogens is 348 g/mol. The maximum absolute atomic E-state index is 12.3. The Balaban J connectivity index is 1.79. The topological polar surface area (TPSA) is 69.0 Å². The Kier molecular flexibility index (Phi) is 6.19. The summed E-state index contributed by atoms with van der Waals surface area (Å²) < 4.78 is 7.35. The van der Waals surface area contributed by atoms with Crippen LogP contribution in [0.15, 0.2) is 29.4 Å². The second kappa shape index (κ2) is 8.58. The fourth-order valence-corrected chi connectivity index (χ4v) is 3.49. The van der Waals surface area contributed by atoms with Crippen LogP contribution in [0.25, 0.3) is 11.4 Å². The summed E-state index contributed by atoms with van der Waals surface area (Å²) in [4.78, 5) is 12.3. The number of hydrogen-bond donors (Lipinski definition) is 1. The number of rotatable bonds is 9. The fourth-order valence-electron chi connectivity index (χ4n) is 2.61. The number of carbonyl (C=O) groups is 1. The van der Waals surface area contributed by atoms with E-state index in [1.165, 1.54) is 11.8 Å². The molecule has 0 saturated heterocycles. The number of amides is 1. The number of thioether (sulfide) groups is 1. The van der Waals surface area contributed by atoms with E-state index in [-0.39, 0.29) is 11.2 Å². The van der Waals surface area contributed by atoms with Gasteiger partial charge in [-0.25, -0.2) is 0 Å². The Labute approximate surface area is 158 Å². The highest BCUT2D eigenvalue weighted by molar-refractivity contribution is 8.00. The van der Waals surface area contributed by atoms with E-state index in [1.807, 2.05) is 31.2 Å². The Morgan fingerprint density at radius 2 is 2.08 bits per heavy atom. The molecule has 6 nitrogen and oxygen atoms in total. The number of nitrogens with zero attached hydrogens (tertiary/aromatic N) is 3. The molecule has 1 aromatic carbocycles. The monoisotopic (exact) mass is 374 g/mol. The summed E-state index contributed by atoms with van der Waals surface area (Å²) in [6, 6.07) is 8.20. The number of carbonyl (C=O) groups excluding carboxylic acids is 1. The lowest BCUT2D eigenvalue weighted by Crippen LogP contribution is -2.32. The SMILES string of the molecule is CCCCn1c(S[C@@H](C)C(=O)NC2CC2)nnc1-c1ccc(OC)cc1. The zero-order valence-corrected chi connectivity index (χ0v) is 16.4. The van der Waals surface area contributed by atoms with Crippen LogP contribution in [0.5, 0.6) is 5.75 Å². The molecule has 1 aliphatic rings. The number of aromatic nitrogens is 3. The summed E-state index contributed by atoms with van der Waals surface area (Å²) in [6.07, 6.45) is 4.31. The van der Waals surface area contributed by atoms with Gasteiger partial charge < -0.3 is 14.6 Å². The Morgan fingerprint density at radius 3 is 2.69 bits per heavy atom. The van der Waals surface area contributed by atoms with Crippen molar-refractivity contribution in [3.8, 4) is 17.1 Å². The summed E-state index contributed by atoms with van der Waals surface area (Å²) in [5.74, 6) is 1.72. The molecule has 1 aliphatic carbocycles. The minimum Gasteiger partial charge on any atom is -0.497 e. The van der Waals surface area contributed by atoms with E-state index in [4.69, 9.17) is 4.74 Å². The molecule has 2 aromatic rings. The molecule has 26 heavy (non-hydrogen) atoms. The van der Waals surface area contributed by atoms with E-state index in [1.54, 1.807) is 7.11 Å². The minimum atomic E-state index is -0.191. The van der Waals surface area contributed by atoms with Crippen LogP contribution in [0.3, 0.4) is 0 Å². The van der Waals surface area contributed by atoms with Crippen molar-refractivity contribution < 1.29 is 9.53 Å². The van der Waals surface area contributed by atoms with E-state index < -0.39 is 0 Å². The van der Waals surface area contributed by atoms with Crippen molar-refractivity contribution in [1.82, 2.24) is 20.1 Å². The van der Waals surface area contributed by atoms with Gasteiger partial charge in [-0.05, 0) is 50.5 Å². The molecule has 3 rings (SSSR count). The van der Waals surface area contributed by atoms with E-state index in [0.29, 0.717) is 6.04 Å². The normalized spacial score (nSPS) is 14.9. The van der Waals surface area contributed by atoms with Crippen molar-refractivity contribution in [1.29, 1.82) is 0 Å². The standard InChI is InChI=1S/C19H26N4O2S/c1-4-5-12-23-17(14-6-10-16(25-3)11-7-14)21-22-19(23)26-13(2)18(24)20-15-8-9-15/h6-7,10-11,13,15H,4-5,8-9,12H2,1-3H3,(H,20,24)/t13-/m0/s1. The molecule has 1 aromatic heterocycles. The Bertz CT molecular complexity index is 740. The molecule has 1 saturated carbocycles. The lowest BCUT2D eigenvalue weighted by molar-refractivity contribution is -0.120. The van der Waals surface area contributed by atoms with Gasteiger partial charge >= 0.3 is 0 Å². The molecule has 1 heterocycles. The molecule has 0 unspecified atom stereocenters. The van der Waals surface area contributed by atoms with Gasteiger partial charge in [-0.3, -0.25) is 4.79 Å². The maximum Gasteiger partial charge on any atom is 0.233 e. The number of unbranched alkanes of at least 4 members (excludes halogenated alkanes) is 1. The molecule has 0 aliphatic heterocycles. The Hall–Kier alpha value is -2.02.